The van der Waals surface area contributed by atoms with Gasteiger partial charge in [-0.3, -0.25) is 0 Å². The summed E-state index contributed by atoms with van der Waals surface area (Å²) in [6, 6.07) is 8.46. The van der Waals surface area contributed by atoms with Gasteiger partial charge in [-0.05, 0) is 42.7 Å². The number of thiazole rings is 1. The van der Waals surface area contributed by atoms with E-state index in [0.717, 1.165) is 33.8 Å². The summed E-state index contributed by atoms with van der Waals surface area (Å²) in [7, 11) is 0. The largest absolute Gasteiger partial charge is 0.369 e. The van der Waals surface area contributed by atoms with Crippen molar-refractivity contribution in [2.75, 3.05) is 11.9 Å². The lowest BCUT2D eigenvalue weighted by molar-refractivity contribution is 0.859. The molecule has 0 spiro atoms. The van der Waals surface area contributed by atoms with Crippen LogP contribution in [0.2, 0.25) is 0 Å². The number of rotatable bonds is 5. The van der Waals surface area contributed by atoms with Crippen LogP contribution in [0.5, 0.6) is 0 Å². The van der Waals surface area contributed by atoms with Gasteiger partial charge in [0.05, 0.1) is 10.5 Å². The fourth-order valence-electron chi connectivity index (χ4n) is 2.57. The molecule has 0 saturated carbocycles. The van der Waals surface area contributed by atoms with Crippen molar-refractivity contribution in [1.29, 1.82) is 0 Å². The average molecular weight is 390 g/mol. The van der Waals surface area contributed by atoms with Crippen LogP contribution in [0.1, 0.15) is 35.2 Å². The molecule has 23 heavy (non-hydrogen) atoms. The number of aryl methyl sites for hydroxylation is 1. The highest BCUT2D eigenvalue weighted by molar-refractivity contribution is 9.10. The van der Waals surface area contributed by atoms with Crippen LogP contribution >= 0.6 is 27.3 Å². The number of anilines is 1. The van der Waals surface area contributed by atoms with Crippen molar-refractivity contribution in [2.45, 2.75) is 33.1 Å². The highest BCUT2D eigenvalue weighted by Gasteiger charge is 2.10. The number of aromatic nitrogens is 2. The number of hydrogen-bond acceptors (Lipinski definition) is 4. The zero-order chi connectivity index (χ0) is 16.4. The van der Waals surface area contributed by atoms with Crippen molar-refractivity contribution >= 4 is 44.0 Å². The van der Waals surface area contributed by atoms with E-state index in [4.69, 9.17) is 4.98 Å². The molecule has 3 nitrogen and oxygen atoms in total. The minimum atomic E-state index is 0.430. The van der Waals surface area contributed by atoms with Crippen LogP contribution in [0.25, 0.3) is 10.9 Å². The van der Waals surface area contributed by atoms with Gasteiger partial charge >= 0.3 is 0 Å². The molecule has 0 aliphatic carbocycles. The van der Waals surface area contributed by atoms with Crippen molar-refractivity contribution in [3.63, 3.8) is 0 Å². The Hall–Kier alpha value is -1.46. The summed E-state index contributed by atoms with van der Waals surface area (Å²) in [5.74, 6) is 1.43. The Labute approximate surface area is 149 Å². The molecule has 3 aromatic rings. The third-order valence-electron chi connectivity index (χ3n) is 3.76. The molecule has 3 rings (SSSR count). The number of nitrogens with zero attached hydrogens (tertiary/aromatic N) is 2. The Bertz CT molecular complexity index is 826. The lowest BCUT2D eigenvalue weighted by Gasteiger charge is -2.15. The molecule has 0 radical (unpaired) electrons. The fraction of sp³-hybridized carbons (Fsp3) is 0.333. The molecule has 0 bridgehead atoms. The second kappa shape index (κ2) is 6.97. The highest BCUT2D eigenvalue weighted by Crippen LogP contribution is 2.28. The van der Waals surface area contributed by atoms with Crippen molar-refractivity contribution in [1.82, 2.24) is 9.97 Å². The van der Waals surface area contributed by atoms with E-state index in [-0.39, 0.29) is 0 Å². The summed E-state index contributed by atoms with van der Waals surface area (Å²) in [4.78, 5) is 10.4. The molecule has 0 fully saturated rings. The molecule has 0 saturated heterocycles. The van der Waals surface area contributed by atoms with Gasteiger partial charge in [0.1, 0.15) is 5.82 Å². The third kappa shape index (κ3) is 3.90. The van der Waals surface area contributed by atoms with E-state index in [0.29, 0.717) is 5.92 Å². The Morgan fingerprint density at radius 3 is 2.78 bits per heavy atom. The molecule has 5 heteroatoms. The zero-order valence-electron chi connectivity index (χ0n) is 13.6. The summed E-state index contributed by atoms with van der Waals surface area (Å²) in [6.45, 7) is 7.33. The number of hydrogen-bond donors (Lipinski definition) is 1. The van der Waals surface area contributed by atoms with Gasteiger partial charge in [0, 0.05) is 33.9 Å². The van der Waals surface area contributed by atoms with E-state index in [1.54, 1.807) is 11.3 Å². The van der Waals surface area contributed by atoms with E-state index < -0.39 is 0 Å². The predicted octanol–water partition coefficient (Wildman–Crippen LogP) is 5.54. The maximum absolute atomic E-state index is 4.83. The van der Waals surface area contributed by atoms with E-state index in [9.17, 15) is 0 Å². The SMILES string of the molecule is Cc1ncc(CCNc2nc3ccc(Br)cc3cc2C(C)C)s1. The lowest BCUT2D eigenvalue weighted by Crippen LogP contribution is -2.09. The minimum Gasteiger partial charge on any atom is -0.369 e. The molecule has 1 aromatic carbocycles. The van der Waals surface area contributed by atoms with Gasteiger partial charge in [-0.25, -0.2) is 9.97 Å². The fourth-order valence-corrected chi connectivity index (χ4v) is 3.74. The minimum absolute atomic E-state index is 0.430. The van der Waals surface area contributed by atoms with Gasteiger partial charge in [0.15, 0.2) is 0 Å². The number of nitrogens with one attached hydrogen (secondary N) is 1. The smallest absolute Gasteiger partial charge is 0.130 e. The Morgan fingerprint density at radius 1 is 1.26 bits per heavy atom. The average Bonchev–Trinajstić information content (AvgIpc) is 2.92. The van der Waals surface area contributed by atoms with Crippen LogP contribution < -0.4 is 5.32 Å². The van der Waals surface area contributed by atoms with Gasteiger partial charge in [-0.1, -0.05) is 29.8 Å². The quantitative estimate of drug-likeness (QED) is 0.622. The maximum atomic E-state index is 4.83. The topological polar surface area (TPSA) is 37.8 Å². The summed E-state index contributed by atoms with van der Waals surface area (Å²) in [5, 5.41) is 5.81. The normalized spacial score (nSPS) is 11.3. The summed E-state index contributed by atoms with van der Waals surface area (Å²) in [6.07, 6.45) is 2.94. The van der Waals surface area contributed by atoms with Gasteiger partial charge in [-0.15, -0.1) is 11.3 Å². The molecular weight excluding hydrogens is 370 g/mol. The molecule has 0 atom stereocenters. The standard InChI is InChI=1S/C18H20BrN3S/c1-11(2)16-9-13-8-14(19)4-5-17(13)22-18(16)20-7-6-15-10-21-12(3)23-15/h4-5,8-11H,6-7H2,1-3H3,(H,20,22). The van der Waals surface area contributed by atoms with Crippen LogP contribution in [0, 0.1) is 6.92 Å². The van der Waals surface area contributed by atoms with Crippen LogP contribution in [0.4, 0.5) is 5.82 Å². The maximum Gasteiger partial charge on any atom is 0.130 e. The van der Waals surface area contributed by atoms with E-state index in [2.05, 4.69) is 58.3 Å². The van der Waals surface area contributed by atoms with Crippen LogP contribution in [0.15, 0.2) is 34.9 Å². The highest BCUT2D eigenvalue weighted by atomic mass is 79.9. The molecule has 0 unspecified atom stereocenters. The van der Waals surface area contributed by atoms with Gasteiger partial charge < -0.3 is 5.32 Å². The third-order valence-corrected chi connectivity index (χ3v) is 5.23. The molecule has 120 valence electrons. The Balaban J connectivity index is 1.83. The summed E-state index contributed by atoms with van der Waals surface area (Å²) < 4.78 is 1.09. The molecule has 0 aliphatic heterocycles. The zero-order valence-corrected chi connectivity index (χ0v) is 16.0. The molecule has 1 N–H and O–H groups in total. The Kier molecular flexibility index (Phi) is 4.97. The van der Waals surface area contributed by atoms with Gasteiger partial charge in [0.25, 0.3) is 0 Å². The first-order chi connectivity index (χ1) is 11.0. The van der Waals surface area contributed by atoms with Crippen molar-refractivity contribution in [3.05, 3.63) is 50.4 Å². The first kappa shape index (κ1) is 16.4. The predicted molar refractivity (Wildman–Crippen MR) is 103 cm³/mol. The van der Waals surface area contributed by atoms with Gasteiger partial charge in [0.2, 0.25) is 0 Å². The first-order valence-corrected chi connectivity index (χ1v) is 9.39. The Morgan fingerprint density at radius 2 is 2.09 bits per heavy atom. The molecule has 0 amide bonds. The number of pyridine rings is 1. The van der Waals surface area contributed by atoms with Crippen molar-refractivity contribution in [3.8, 4) is 0 Å². The monoisotopic (exact) mass is 389 g/mol. The summed E-state index contributed by atoms with van der Waals surface area (Å²) >= 11 is 5.29. The van der Waals surface area contributed by atoms with Crippen molar-refractivity contribution in [2.24, 2.45) is 0 Å². The van der Waals surface area contributed by atoms with Crippen molar-refractivity contribution < 1.29 is 0 Å². The first-order valence-electron chi connectivity index (χ1n) is 7.78. The molecule has 2 heterocycles. The van der Waals surface area contributed by atoms with Gasteiger partial charge in [-0.2, -0.15) is 0 Å². The number of halogens is 1. The second-order valence-corrected chi connectivity index (χ2v) is 8.18. The number of benzene rings is 1. The van der Waals surface area contributed by atoms with Crippen LogP contribution in [0.3, 0.4) is 0 Å². The van der Waals surface area contributed by atoms with E-state index >= 15 is 0 Å². The lowest BCUT2D eigenvalue weighted by atomic mass is 10.0. The van der Waals surface area contributed by atoms with Crippen LogP contribution in [-0.4, -0.2) is 16.5 Å². The summed E-state index contributed by atoms with van der Waals surface area (Å²) in [5.41, 5.74) is 2.28. The molecule has 2 aromatic heterocycles. The molecular formula is C18H20BrN3S. The van der Waals surface area contributed by atoms with Crippen LogP contribution in [-0.2, 0) is 6.42 Å². The number of fused-ring (bicyclic) bond motifs is 1. The molecule has 0 aliphatic rings. The van der Waals surface area contributed by atoms with E-state index in [1.165, 1.54) is 15.8 Å². The van der Waals surface area contributed by atoms with E-state index in [1.807, 2.05) is 19.2 Å². The second-order valence-electron chi connectivity index (χ2n) is 5.94.